The van der Waals surface area contributed by atoms with Crippen LogP contribution in [0.4, 0.5) is 0 Å². The Balaban J connectivity index is 3.25. The highest BCUT2D eigenvalue weighted by Crippen LogP contribution is 2.15. The fourth-order valence-electron chi connectivity index (χ4n) is 0.780. The van der Waals surface area contributed by atoms with E-state index in [0.717, 1.165) is 6.92 Å². The van der Waals surface area contributed by atoms with E-state index in [9.17, 15) is 13.2 Å². The molecule has 1 aromatic carbocycles. The number of rotatable bonds is 1. The number of hydrogen-bond acceptors (Lipinski definition) is 3. The molecule has 0 bridgehead atoms. The second-order valence-corrected chi connectivity index (χ2v) is 4.94. The summed E-state index contributed by atoms with van der Waals surface area (Å²) in [4.78, 5) is 10.7. The van der Waals surface area contributed by atoms with Gasteiger partial charge in [0.15, 0.2) is 0 Å². The molecule has 0 amide bonds. The van der Waals surface area contributed by atoms with Crippen molar-refractivity contribution in [3.05, 3.63) is 29.3 Å². The highest BCUT2D eigenvalue weighted by atomic mass is 35.5. The van der Waals surface area contributed by atoms with Crippen molar-refractivity contribution in [3.63, 3.8) is 0 Å². The zero-order valence-electron chi connectivity index (χ0n) is 6.82. The van der Waals surface area contributed by atoms with Crippen LogP contribution in [0.15, 0.2) is 29.2 Å². The van der Waals surface area contributed by atoms with Crippen LogP contribution >= 0.6 is 11.6 Å². The van der Waals surface area contributed by atoms with Crippen molar-refractivity contribution in [2.24, 2.45) is 0 Å². The van der Waals surface area contributed by atoms with Crippen molar-refractivity contribution >= 4 is 26.6 Å². The monoisotopic (exact) mass is 218 g/mol. The van der Waals surface area contributed by atoms with E-state index in [2.05, 4.69) is 0 Å². The van der Waals surface area contributed by atoms with Crippen molar-refractivity contribution in [1.29, 1.82) is 0 Å². The van der Waals surface area contributed by atoms with Gasteiger partial charge in [0.1, 0.15) is 0 Å². The first kappa shape index (κ1) is 10.2. The number of sulfone groups is 1. The predicted molar refractivity (Wildman–Crippen MR) is 49.3 cm³/mol. The minimum Gasteiger partial charge on any atom is -0.282 e. The maximum absolute atomic E-state index is 11.3. The lowest BCUT2D eigenvalue weighted by molar-refractivity contribution is -0.109. The van der Waals surface area contributed by atoms with Gasteiger partial charge in [-0.2, -0.15) is 0 Å². The molecule has 0 spiro atoms. The van der Waals surface area contributed by atoms with Crippen LogP contribution in [0.25, 0.3) is 0 Å². The SMILES string of the molecule is CC(=O)S(=O)(=O)c1ccc(Cl)cc1. The van der Waals surface area contributed by atoms with E-state index < -0.39 is 15.0 Å². The molecule has 0 aliphatic carbocycles. The van der Waals surface area contributed by atoms with Gasteiger partial charge >= 0.3 is 0 Å². The molecule has 0 saturated carbocycles. The van der Waals surface area contributed by atoms with Gasteiger partial charge in [0.25, 0.3) is 0 Å². The lowest BCUT2D eigenvalue weighted by Crippen LogP contribution is -2.10. The number of benzene rings is 1. The van der Waals surface area contributed by atoms with E-state index >= 15 is 0 Å². The Bertz CT molecular complexity index is 419. The average molecular weight is 219 g/mol. The molecular formula is C8H7ClO3S. The molecule has 0 atom stereocenters. The summed E-state index contributed by atoms with van der Waals surface area (Å²) >= 11 is 5.56. The molecule has 70 valence electrons. The summed E-state index contributed by atoms with van der Waals surface area (Å²) in [5.74, 6) is 0. The zero-order chi connectivity index (χ0) is 10.1. The molecule has 0 aliphatic heterocycles. The van der Waals surface area contributed by atoms with Gasteiger partial charge in [0.05, 0.1) is 4.90 Å². The number of hydrogen-bond donors (Lipinski definition) is 0. The van der Waals surface area contributed by atoms with E-state index in [1.807, 2.05) is 0 Å². The summed E-state index contributed by atoms with van der Waals surface area (Å²) in [6, 6.07) is 5.47. The maximum atomic E-state index is 11.3. The van der Waals surface area contributed by atoms with Crippen LogP contribution in [0.5, 0.6) is 0 Å². The van der Waals surface area contributed by atoms with E-state index in [-0.39, 0.29) is 4.90 Å². The molecule has 1 rings (SSSR count). The predicted octanol–water partition coefficient (Wildman–Crippen LogP) is 1.66. The van der Waals surface area contributed by atoms with Crippen LogP contribution in [0.3, 0.4) is 0 Å². The summed E-state index contributed by atoms with van der Waals surface area (Å²) in [5, 5.41) is -0.433. The second kappa shape index (κ2) is 3.47. The molecule has 0 aliphatic rings. The van der Waals surface area contributed by atoms with Gasteiger partial charge in [-0.05, 0) is 24.3 Å². The third-order valence-electron chi connectivity index (χ3n) is 1.50. The van der Waals surface area contributed by atoms with Crippen LogP contribution in [-0.4, -0.2) is 13.5 Å². The van der Waals surface area contributed by atoms with Gasteiger partial charge in [0.2, 0.25) is 15.0 Å². The Morgan fingerprint density at radius 2 is 1.69 bits per heavy atom. The zero-order valence-corrected chi connectivity index (χ0v) is 8.39. The molecule has 0 saturated heterocycles. The van der Waals surface area contributed by atoms with Gasteiger partial charge < -0.3 is 0 Å². The van der Waals surface area contributed by atoms with Crippen LogP contribution in [0.1, 0.15) is 6.92 Å². The lowest BCUT2D eigenvalue weighted by atomic mass is 10.4. The normalized spacial score (nSPS) is 11.2. The number of carbonyl (C=O) groups is 1. The molecule has 1 aromatic rings. The van der Waals surface area contributed by atoms with Gasteiger partial charge in [-0.3, -0.25) is 4.79 Å². The fourth-order valence-corrected chi connectivity index (χ4v) is 1.73. The standard InChI is InChI=1S/C8H7ClO3S/c1-6(10)13(11,12)8-4-2-7(9)3-5-8/h2-5H,1H3. The molecular weight excluding hydrogens is 212 g/mol. The first-order valence-corrected chi connectivity index (χ1v) is 5.32. The van der Waals surface area contributed by atoms with Crippen LogP contribution in [-0.2, 0) is 14.6 Å². The average Bonchev–Trinajstić information content (AvgIpc) is 2.04. The van der Waals surface area contributed by atoms with E-state index in [1.165, 1.54) is 24.3 Å². The van der Waals surface area contributed by atoms with Crippen LogP contribution in [0.2, 0.25) is 5.02 Å². The topological polar surface area (TPSA) is 51.2 Å². The lowest BCUT2D eigenvalue weighted by Gasteiger charge is -1.98. The van der Waals surface area contributed by atoms with Crippen LogP contribution in [0, 0.1) is 0 Å². The third kappa shape index (κ3) is 2.08. The smallest absolute Gasteiger partial charge is 0.248 e. The minimum atomic E-state index is -3.79. The van der Waals surface area contributed by atoms with Gasteiger partial charge in [-0.25, -0.2) is 8.42 Å². The molecule has 0 heterocycles. The highest BCUT2D eigenvalue weighted by molar-refractivity contribution is 8.06. The largest absolute Gasteiger partial charge is 0.282 e. The molecule has 0 unspecified atom stereocenters. The fraction of sp³-hybridized carbons (Fsp3) is 0.125. The summed E-state index contributed by atoms with van der Waals surface area (Å²) in [5.41, 5.74) is 0. The Morgan fingerprint density at radius 3 is 2.08 bits per heavy atom. The minimum absolute atomic E-state index is 0.0237. The molecule has 0 radical (unpaired) electrons. The summed E-state index contributed by atoms with van der Waals surface area (Å²) < 4.78 is 22.5. The molecule has 0 aromatic heterocycles. The molecule has 13 heavy (non-hydrogen) atoms. The van der Waals surface area contributed by atoms with Gasteiger partial charge in [-0.1, -0.05) is 11.6 Å². The van der Waals surface area contributed by atoms with E-state index in [1.54, 1.807) is 0 Å². The highest BCUT2D eigenvalue weighted by Gasteiger charge is 2.19. The summed E-state index contributed by atoms with van der Waals surface area (Å²) in [6.07, 6.45) is 0. The van der Waals surface area contributed by atoms with Crippen molar-refractivity contribution in [1.82, 2.24) is 0 Å². The number of carbonyl (C=O) groups excluding carboxylic acids is 1. The summed E-state index contributed by atoms with van der Waals surface area (Å²) in [7, 11) is -3.79. The first-order valence-electron chi connectivity index (χ1n) is 3.46. The third-order valence-corrected chi connectivity index (χ3v) is 3.40. The Labute approximate surface area is 81.3 Å². The van der Waals surface area contributed by atoms with Crippen molar-refractivity contribution in [2.45, 2.75) is 11.8 Å². The molecule has 0 fully saturated rings. The van der Waals surface area contributed by atoms with E-state index in [0.29, 0.717) is 5.02 Å². The van der Waals surface area contributed by atoms with Crippen LogP contribution < -0.4 is 0 Å². The maximum Gasteiger partial charge on any atom is 0.248 e. The summed E-state index contributed by atoms with van der Waals surface area (Å²) in [6.45, 7) is 1.02. The number of halogens is 1. The molecule has 0 N–H and O–H groups in total. The van der Waals surface area contributed by atoms with Crippen molar-refractivity contribution < 1.29 is 13.2 Å². The van der Waals surface area contributed by atoms with Crippen molar-refractivity contribution in [2.75, 3.05) is 0 Å². The Hall–Kier alpha value is -0.870. The Morgan fingerprint density at radius 1 is 1.23 bits per heavy atom. The quantitative estimate of drug-likeness (QED) is 0.721. The Kier molecular flexibility index (Phi) is 2.73. The van der Waals surface area contributed by atoms with Crippen molar-refractivity contribution in [3.8, 4) is 0 Å². The van der Waals surface area contributed by atoms with Gasteiger partial charge in [0, 0.05) is 11.9 Å². The molecule has 3 nitrogen and oxygen atoms in total. The second-order valence-electron chi connectivity index (χ2n) is 2.45. The van der Waals surface area contributed by atoms with E-state index in [4.69, 9.17) is 11.6 Å². The molecule has 5 heteroatoms. The first-order chi connectivity index (χ1) is 5.94. The van der Waals surface area contributed by atoms with Gasteiger partial charge in [-0.15, -0.1) is 0 Å².